The molecule has 0 spiro atoms. The number of hydrogen-bond donors (Lipinski definition) is 1. The van der Waals surface area contributed by atoms with Crippen LogP contribution in [0.15, 0.2) is 30.3 Å². The fourth-order valence-corrected chi connectivity index (χ4v) is 2.77. The molecule has 1 aromatic rings. The highest BCUT2D eigenvalue weighted by Crippen LogP contribution is 2.23. The van der Waals surface area contributed by atoms with Gasteiger partial charge in [0.15, 0.2) is 0 Å². The number of aliphatic hydroxyl groups is 1. The van der Waals surface area contributed by atoms with Crippen molar-refractivity contribution in [3.63, 3.8) is 0 Å². The van der Waals surface area contributed by atoms with Crippen molar-refractivity contribution >= 4 is 0 Å². The lowest BCUT2D eigenvalue weighted by Gasteiger charge is -2.36. The first-order valence-electron chi connectivity index (χ1n) is 6.78. The number of likely N-dealkylation sites (tertiary alicyclic amines) is 1. The number of nitrogens with zero attached hydrogens (tertiary/aromatic N) is 1. The molecule has 17 heavy (non-hydrogen) atoms. The predicted octanol–water partition coefficient (Wildman–Crippen LogP) is 2.98. The van der Waals surface area contributed by atoms with Crippen LogP contribution in [0.1, 0.15) is 44.3 Å². The van der Waals surface area contributed by atoms with Crippen molar-refractivity contribution in [2.45, 2.75) is 44.8 Å². The van der Waals surface area contributed by atoms with E-state index in [0.717, 1.165) is 18.7 Å². The minimum Gasteiger partial charge on any atom is -0.387 e. The van der Waals surface area contributed by atoms with Gasteiger partial charge in [0.2, 0.25) is 0 Å². The summed E-state index contributed by atoms with van der Waals surface area (Å²) < 4.78 is 0. The van der Waals surface area contributed by atoms with Crippen LogP contribution in [0.3, 0.4) is 0 Å². The normalized spacial score (nSPS) is 23.5. The molecule has 1 heterocycles. The van der Waals surface area contributed by atoms with Gasteiger partial charge >= 0.3 is 0 Å². The Hall–Kier alpha value is -0.860. The molecule has 0 unspecified atom stereocenters. The Balaban J connectivity index is 1.95. The summed E-state index contributed by atoms with van der Waals surface area (Å²) >= 11 is 0. The lowest BCUT2D eigenvalue weighted by molar-refractivity contribution is 0.0656. The molecule has 1 saturated heterocycles. The number of rotatable bonds is 4. The summed E-state index contributed by atoms with van der Waals surface area (Å²) in [6.07, 6.45) is 4.76. The summed E-state index contributed by atoms with van der Waals surface area (Å²) in [5.74, 6) is 0. The van der Waals surface area contributed by atoms with Gasteiger partial charge in [0, 0.05) is 12.6 Å². The quantitative estimate of drug-likeness (QED) is 0.864. The first-order chi connectivity index (χ1) is 8.31. The molecule has 0 aliphatic carbocycles. The Morgan fingerprint density at radius 1 is 1.29 bits per heavy atom. The van der Waals surface area contributed by atoms with Gasteiger partial charge in [0.1, 0.15) is 0 Å². The van der Waals surface area contributed by atoms with Crippen molar-refractivity contribution in [3.8, 4) is 0 Å². The van der Waals surface area contributed by atoms with Crippen LogP contribution in [0.5, 0.6) is 0 Å². The molecule has 0 radical (unpaired) electrons. The molecule has 2 nitrogen and oxygen atoms in total. The summed E-state index contributed by atoms with van der Waals surface area (Å²) in [5.41, 5.74) is 1.04. The van der Waals surface area contributed by atoms with Crippen LogP contribution in [-0.2, 0) is 0 Å². The van der Waals surface area contributed by atoms with E-state index in [-0.39, 0.29) is 6.10 Å². The molecule has 1 aromatic carbocycles. The van der Waals surface area contributed by atoms with Gasteiger partial charge in [-0.15, -0.1) is 0 Å². The lowest BCUT2D eigenvalue weighted by atomic mass is 9.98. The van der Waals surface area contributed by atoms with Crippen molar-refractivity contribution in [1.82, 2.24) is 4.90 Å². The van der Waals surface area contributed by atoms with Gasteiger partial charge in [-0.2, -0.15) is 0 Å². The molecule has 1 aliphatic heterocycles. The number of benzene rings is 1. The van der Waals surface area contributed by atoms with Gasteiger partial charge in [-0.3, -0.25) is 4.90 Å². The summed E-state index contributed by atoms with van der Waals surface area (Å²) in [6.45, 7) is 4.17. The highest BCUT2D eigenvalue weighted by Gasteiger charge is 2.23. The zero-order valence-corrected chi connectivity index (χ0v) is 10.7. The molecule has 1 aliphatic rings. The Labute approximate surface area is 104 Å². The standard InChI is InChI=1S/C15H23NO/c1-2-14-10-6-7-11-16(14)12-15(17)13-8-4-3-5-9-13/h3-5,8-9,14-15,17H,2,6-7,10-12H2,1H3/t14-,15+/m0/s1. The summed E-state index contributed by atoms with van der Waals surface area (Å²) in [5, 5.41) is 10.2. The van der Waals surface area contributed by atoms with Crippen LogP contribution >= 0.6 is 0 Å². The Bertz CT molecular complexity index is 325. The van der Waals surface area contributed by atoms with E-state index < -0.39 is 0 Å². The first kappa shape index (κ1) is 12.6. The van der Waals surface area contributed by atoms with Crippen LogP contribution in [0.2, 0.25) is 0 Å². The minimum absolute atomic E-state index is 0.344. The predicted molar refractivity (Wildman–Crippen MR) is 70.9 cm³/mol. The second-order valence-electron chi connectivity index (χ2n) is 4.98. The van der Waals surface area contributed by atoms with Gasteiger partial charge in [-0.1, -0.05) is 43.7 Å². The zero-order chi connectivity index (χ0) is 12.1. The molecule has 0 amide bonds. The molecule has 1 N–H and O–H groups in total. The zero-order valence-electron chi connectivity index (χ0n) is 10.7. The van der Waals surface area contributed by atoms with Crippen LogP contribution in [-0.4, -0.2) is 29.1 Å². The monoisotopic (exact) mass is 233 g/mol. The maximum Gasteiger partial charge on any atom is 0.0917 e. The Morgan fingerprint density at radius 3 is 2.76 bits per heavy atom. The Kier molecular flexibility index (Phi) is 4.57. The van der Waals surface area contributed by atoms with Gasteiger partial charge in [-0.05, 0) is 31.4 Å². The molecule has 0 aromatic heterocycles. The van der Waals surface area contributed by atoms with Crippen LogP contribution in [0.4, 0.5) is 0 Å². The highest BCUT2D eigenvalue weighted by molar-refractivity contribution is 5.17. The number of piperidine rings is 1. The molecule has 2 heteroatoms. The van der Waals surface area contributed by atoms with Crippen LogP contribution in [0, 0.1) is 0 Å². The number of aliphatic hydroxyl groups excluding tert-OH is 1. The average Bonchev–Trinajstić information content (AvgIpc) is 2.40. The van der Waals surface area contributed by atoms with E-state index in [9.17, 15) is 5.11 Å². The molecule has 94 valence electrons. The smallest absolute Gasteiger partial charge is 0.0917 e. The molecule has 0 bridgehead atoms. The second kappa shape index (κ2) is 6.18. The summed E-state index contributed by atoms with van der Waals surface area (Å²) in [7, 11) is 0. The minimum atomic E-state index is -0.344. The topological polar surface area (TPSA) is 23.5 Å². The number of β-amino-alcohol motifs (C(OH)–C–C–N with tert-alkyl or cyclic N) is 1. The third-order valence-electron chi connectivity index (χ3n) is 3.81. The van der Waals surface area contributed by atoms with E-state index in [1.807, 2.05) is 30.3 Å². The average molecular weight is 233 g/mol. The van der Waals surface area contributed by atoms with Gasteiger partial charge in [-0.25, -0.2) is 0 Å². The van der Waals surface area contributed by atoms with Crippen molar-refractivity contribution < 1.29 is 5.11 Å². The second-order valence-corrected chi connectivity index (χ2v) is 4.98. The van der Waals surface area contributed by atoms with E-state index in [1.54, 1.807) is 0 Å². The molecule has 2 atom stereocenters. The maximum atomic E-state index is 10.2. The van der Waals surface area contributed by atoms with Gasteiger partial charge in [0.05, 0.1) is 6.10 Å². The molecular formula is C15H23NO. The first-order valence-corrected chi connectivity index (χ1v) is 6.78. The molecule has 1 fully saturated rings. The third-order valence-corrected chi connectivity index (χ3v) is 3.81. The van der Waals surface area contributed by atoms with E-state index in [4.69, 9.17) is 0 Å². The molecule has 2 rings (SSSR count). The highest BCUT2D eigenvalue weighted by atomic mass is 16.3. The summed E-state index contributed by atoms with van der Waals surface area (Å²) in [6, 6.07) is 10.7. The van der Waals surface area contributed by atoms with E-state index in [1.165, 1.54) is 25.7 Å². The third kappa shape index (κ3) is 3.30. The Morgan fingerprint density at radius 2 is 2.06 bits per heavy atom. The fraction of sp³-hybridized carbons (Fsp3) is 0.600. The van der Waals surface area contributed by atoms with Gasteiger partial charge < -0.3 is 5.11 Å². The van der Waals surface area contributed by atoms with Crippen molar-refractivity contribution in [3.05, 3.63) is 35.9 Å². The van der Waals surface area contributed by atoms with Crippen molar-refractivity contribution in [2.24, 2.45) is 0 Å². The largest absolute Gasteiger partial charge is 0.387 e. The fourth-order valence-electron chi connectivity index (χ4n) is 2.77. The van der Waals surface area contributed by atoms with Crippen molar-refractivity contribution in [1.29, 1.82) is 0 Å². The van der Waals surface area contributed by atoms with E-state index >= 15 is 0 Å². The SMILES string of the molecule is CC[C@H]1CCCCN1C[C@@H](O)c1ccccc1. The van der Waals surface area contributed by atoms with Gasteiger partial charge in [0.25, 0.3) is 0 Å². The van der Waals surface area contributed by atoms with E-state index in [0.29, 0.717) is 6.04 Å². The summed E-state index contributed by atoms with van der Waals surface area (Å²) in [4.78, 5) is 2.46. The maximum absolute atomic E-state index is 10.2. The van der Waals surface area contributed by atoms with Crippen molar-refractivity contribution in [2.75, 3.05) is 13.1 Å². The number of hydrogen-bond acceptors (Lipinski definition) is 2. The van der Waals surface area contributed by atoms with Crippen LogP contribution < -0.4 is 0 Å². The molecular weight excluding hydrogens is 210 g/mol. The van der Waals surface area contributed by atoms with Crippen LogP contribution in [0.25, 0.3) is 0 Å². The lowest BCUT2D eigenvalue weighted by Crippen LogP contribution is -2.41. The van der Waals surface area contributed by atoms with E-state index in [2.05, 4.69) is 11.8 Å². The molecule has 0 saturated carbocycles.